The molecule has 4 nitrogen and oxygen atoms in total. The molecule has 0 aliphatic carbocycles. The topological polar surface area (TPSA) is 46.6 Å². The minimum Gasteiger partial charge on any atom is -0.497 e. The molecule has 3 rings (SSSR count). The molecule has 0 radical (unpaired) electrons. The molecule has 0 amide bonds. The lowest BCUT2D eigenvalue weighted by Crippen LogP contribution is -2.26. The van der Waals surface area contributed by atoms with E-state index in [2.05, 4.69) is 17.0 Å². The fourth-order valence-corrected chi connectivity index (χ4v) is 4.84. The van der Waals surface area contributed by atoms with Crippen molar-refractivity contribution in [2.45, 2.75) is 30.2 Å². The van der Waals surface area contributed by atoms with Gasteiger partial charge in [0.2, 0.25) is 0 Å². The number of ether oxygens (including phenoxy) is 1. The third kappa shape index (κ3) is 4.41. The van der Waals surface area contributed by atoms with Gasteiger partial charge in [0.15, 0.2) is 9.84 Å². The van der Waals surface area contributed by atoms with E-state index in [-0.39, 0.29) is 5.75 Å². The molecule has 0 saturated carbocycles. The Morgan fingerprint density at radius 3 is 2.68 bits per heavy atom. The summed E-state index contributed by atoms with van der Waals surface area (Å²) in [5, 5.41) is 0. The standard InChI is InChI=1S/C20H25NO3S/c1-24-18-9-5-8-17(16-18)20-12-6-13-21(20)14-7-15-25(22,23)19-10-3-2-4-11-19/h2-5,8-11,16,20H,6-7,12-15H2,1H3. The van der Waals surface area contributed by atoms with Crippen LogP contribution in [-0.4, -0.2) is 39.3 Å². The van der Waals surface area contributed by atoms with Crippen molar-refractivity contribution in [2.75, 3.05) is 26.0 Å². The molecule has 1 aliphatic heterocycles. The van der Waals surface area contributed by atoms with E-state index in [1.54, 1.807) is 31.4 Å². The molecule has 1 fully saturated rings. The molecule has 0 aromatic heterocycles. The zero-order chi connectivity index (χ0) is 17.7. The molecule has 2 aromatic rings. The Labute approximate surface area is 150 Å². The van der Waals surface area contributed by atoms with Gasteiger partial charge in [-0.05, 0) is 62.2 Å². The first-order valence-electron chi connectivity index (χ1n) is 8.76. The highest BCUT2D eigenvalue weighted by atomic mass is 32.2. The first-order chi connectivity index (χ1) is 12.1. The van der Waals surface area contributed by atoms with Gasteiger partial charge in [0, 0.05) is 6.04 Å². The number of nitrogens with zero attached hydrogens (tertiary/aromatic N) is 1. The second-order valence-corrected chi connectivity index (χ2v) is 8.57. The van der Waals surface area contributed by atoms with Crippen molar-refractivity contribution in [1.82, 2.24) is 4.90 Å². The zero-order valence-corrected chi connectivity index (χ0v) is 15.4. The van der Waals surface area contributed by atoms with Crippen molar-refractivity contribution in [3.63, 3.8) is 0 Å². The van der Waals surface area contributed by atoms with Crippen LogP contribution in [0.5, 0.6) is 5.75 Å². The molecule has 1 atom stereocenters. The summed E-state index contributed by atoms with van der Waals surface area (Å²) in [6.45, 7) is 1.82. The SMILES string of the molecule is COc1cccc(C2CCCN2CCCS(=O)(=O)c2ccccc2)c1. The minimum atomic E-state index is -3.19. The van der Waals surface area contributed by atoms with Gasteiger partial charge < -0.3 is 4.74 Å². The first-order valence-corrected chi connectivity index (χ1v) is 10.4. The van der Waals surface area contributed by atoms with E-state index in [0.717, 1.165) is 31.7 Å². The van der Waals surface area contributed by atoms with E-state index in [9.17, 15) is 8.42 Å². The Hall–Kier alpha value is -1.85. The van der Waals surface area contributed by atoms with Crippen LogP contribution in [0.2, 0.25) is 0 Å². The highest BCUT2D eigenvalue weighted by molar-refractivity contribution is 7.91. The second-order valence-electron chi connectivity index (χ2n) is 6.46. The maximum atomic E-state index is 12.4. The van der Waals surface area contributed by atoms with Crippen molar-refractivity contribution in [3.05, 3.63) is 60.2 Å². The predicted octanol–water partition coefficient (Wildman–Crippen LogP) is 3.70. The molecule has 0 N–H and O–H groups in total. The predicted molar refractivity (Wildman–Crippen MR) is 99.7 cm³/mol. The third-order valence-corrected chi connectivity index (χ3v) is 6.62. The minimum absolute atomic E-state index is 0.193. The fraction of sp³-hybridized carbons (Fsp3) is 0.400. The fourth-order valence-electron chi connectivity index (χ4n) is 3.52. The van der Waals surface area contributed by atoms with Gasteiger partial charge in [-0.25, -0.2) is 8.42 Å². The third-order valence-electron chi connectivity index (χ3n) is 4.80. The lowest BCUT2D eigenvalue weighted by molar-refractivity contribution is 0.257. The molecule has 1 heterocycles. The zero-order valence-electron chi connectivity index (χ0n) is 14.6. The van der Waals surface area contributed by atoms with Gasteiger partial charge in [0.05, 0.1) is 17.8 Å². The van der Waals surface area contributed by atoms with Crippen molar-refractivity contribution < 1.29 is 13.2 Å². The lowest BCUT2D eigenvalue weighted by atomic mass is 10.0. The van der Waals surface area contributed by atoms with Gasteiger partial charge in [0.25, 0.3) is 0 Å². The maximum absolute atomic E-state index is 12.4. The van der Waals surface area contributed by atoms with Gasteiger partial charge in [-0.15, -0.1) is 0 Å². The van der Waals surface area contributed by atoms with Crippen LogP contribution in [-0.2, 0) is 9.84 Å². The van der Waals surface area contributed by atoms with Crippen molar-refractivity contribution in [1.29, 1.82) is 0 Å². The van der Waals surface area contributed by atoms with Crippen LogP contribution in [0.25, 0.3) is 0 Å². The van der Waals surface area contributed by atoms with E-state index in [4.69, 9.17) is 4.74 Å². The highest BCUT2D eigenvalue weighted by Gasteiger charge is 2.26. The summed E-state index contributed by atoms with van der Waals surface area (Å²) in [7, 11) is -1.51. The van der Waals surface area contributed by atoms with E-state index >= 15 is 0 Å². The smallest absolute Gasteiger partial charge is 0.178 e. The number of rotatable bonds is 7. The van der Waals surface area contributed by atoms with Crippen LogP contribution in [0.15, 0.2) is 59.5 Å². The number of hydrogen-bond acceptors (Lipinski definition) is 4. The summed E-state index contributed by atoms with van der Waals surface area (Å²) in [6.07, 6.45) is 2.91. The number of sulfone groups is 1. The van der Waals surface area contributed by atoms with Crippen molar-refractivity contribution in [3.8, 4) is 5.75 Å². The largest absolute Gasteiger partial charge is 0.497 e. The summed E-state index contributed by atoms with van der Waals surface area (Å²) in [6, 6.07) is 17.3. The number of methoxy groups -OCH3 is 1. The Morgan fingerprint density at radius 2 is 1.92 bits per heavy atom. The van der Waals surface area contributed by atoms with E-state index in [1.807, 2.05) is 18.2 Å². The molecular formula is C20H25NO3S. The molecule has 134 valence electrons. The normalized spacial score (nSPS) is 18.4. The molecule has 5 heteroatoms. The Morgan fingerprint density at radius 1 is 1.12 bits per heavy atom. The second kappa shape index (κ2) is 8.02. The Bertz CT molecular complexity index is 790. The van der Waals surface area contributed by atoms with Crippen LogP contribution in [0.1, 0.15) is 30.9 Å². The van der Waals surface area contributed by atoms with E-state index in [0.29, 0.717) is 17.4 Å². The van der Waals surface area contributed by atoms with Gasteiger partial charge in [-0.1, -0.05) is 30.3 Å². The van der Waals surface area contributed by atoms with Crippen LogP contribution in [0, 0.1) is 0 Å². The van der Waals surface area contributed by atoms with E-state index < -0.39 is 9.84 Å². The van der Waals surface area contributed by atoms with Crippen LogP contribution in [0.3, 0.4) is 0 Å². The molecule has 1 saturated heterocycles. The molecule has 0 spiro atoms. The van der Waals surface area contributed by atoms with Crippen molar-refractivity contribution in [2.24, 2.45) is 0 Å². The maximum Gasteiger partial charge on any atom is 0.178 e. The van der Waals surface area contributed by atoms with Crippen LogP contribution >= 0.6 is 0 Å². The van der Waals surface area contributed by atoms with Crippen LogP contribution in [0.4, 0.5) is 0 Å². The average molecular weight is 359 g/mol. The number of hydrogen-bond donors (Lipinski definition) is 0. The molecule has 25 heavy (non-hydrogen) atoms. The van der Waals surface area contributed by atoms with Crippen LogP contribution < -0.4 is 4.74 Å². The number of likely N-dealkylation sites (tertiary alicyclic amines) is 1. The lowest BCUT2D eigenvalue weighted by Gasteiger charge is -2.25. The summed E-state index contributed by atoms with van der Waals surface area (Å²) in [5.74, 6) is 1.06. The van der Waals surface area contributed by atoms with E-state index in [1.165, 1.54) is 5.56 Å². The summed E-state index contributed by atoms with van der Waals surface area (Å²) >= 11 is 0. The first kappa shape index (κ1) is 18.0. The molecule has 1 aliphatic rings. The van der Waals surface area contributed by atoms with Gasteiger partial charge >= 0.3 is 0 Å². The summed E-state index contributed by atoms with van der Waals surface area (Å²) < 4.78 is 30.1. The Balaban J connectivity index is 1.61. The highest BCUT2D eigenvalue weighted by Crippen LogP contribution is 2.33. The molecule has 2 aromatic carbocycles. The van der Waals surface area contributed by atoms with Gasteiger partial charge in [-0.2, -0.15) is 0 Å². The quantitative estimate of drug-likeness (QED) is 0.756. The average Bonchev–Trinajstić information content (AvgIpc) is 3.11. The Kier molecular flexibility index (Phi) is 5.76. The molecule has 0 bridgehead atoms. The molecule has 1 unspecified atom stereocenters. The van der Waals surface area contributed by atoms with Crippen molar-refractivity contribution >= 4 is 9.84 Å². The molecular weight excluding hydrogens is 334 g/mol. The summed E-state index contributed by atoms with van der Waals surface area (Å²) in [5.41, 5.74) is 1.25. The monoisotopic (exact) mass is 359 g/mol. The summed E-state index contributed by atoms with van der Waals surface area (Å²) in [4.78, 5) is 2.82. The van der Waals surface area contributed by atoms with Gasteiger partial charge in [-0.3, -0.25) is 4.90 Å². The number of benzene rings is 2. The van der Waals surface area contributed by atoms with Gasteiger partial charge in [0.1, 0.15) is 5.75 Å².